The number of likely N-dealkylation sites (tertiary alicyclic amines) is 1. The lowest BCUT2D eigenvalue weighted by Crippen LogP contribution is -2.37. The predicted molar refractivity (Wildman–Crippen MR) is 104 cm³/mol. The Morgan fingerprint density at radius 2 is 2.00 bits per heavy atom. The number of carbonyl (C=O) groups excluding carboxylic acids is 1. The largest absolute Gasteiger partial charge is 0.343 e. The van der Waals surface area contributed by atoms with E-state index in [2.05, 4.69) is 25.6 Å². The predicted octanol–water partition coefficient (Wildman–Crippen LogP) is 2.74. The number of anilines is 2. The van der Waals surface area contributed by atoms with Gasteiger partial charge in [0.25, 0.3) is 0 Å². The number of rotatable bonds is 4. The zero-order valence-electron chi connectivity index (χ0n) is 15.9. The van der Waals surface area contributed by atoms with Crippen molar-refractivity contribution in [1.29, 1.82) is 0 Å². The van der Waals surface area contributed by atoms with Crippen LogP contribution in [0.3, 0.4) is 0 Å². The van der Waals surface area contributed by atoms with Gasteiger partial charge in [-0.3, -0.25) is 14.6 Å². The summed E-state index contributed by atoms with van der Waals surface area (Å²) >= 11 is 0. The van der Waals surface area contributed by atoms with E-state index in [1.165, 1.54) is 6.42 Å². The molecule has 0 spiro atoms. The second-order valence-electron chi connectivity index (χ2n) is 7.76. The molecule has 1 saturated carbocycles. The Labute approximate surface area is 162 Å². The average molecular weight is 380 g/mol. The molecule has 4 heterocycles. The Balaban J connectivity index is 1.35. The molecule has 0 aromatic carbocycles. The van der Waals surface area contributed by atoms with Crippen LogP contribution in [0.4, 0.5) is 11.5 Å². The highest BCUT2D eigenvalue weighted by atomic mass is 16.2. The van der Waals surface area contributed by atoms with Crippen molar-refractivity contribution in [3.05, 3.63) is 24.4 Å². The number of nitrogens with one attached hydrogen (secondary N) is 2. The van der Waals surface area contributed by atoms with Gasteiger partial charge in [0, 0.05) is 32.1 Å². The Morgan fingerprint density at radius 3 is 2.71 bits per heavy atom. The van der Waals surface area contributed by atoms with E-state index in [9.17, 15) is 4.79 Å². The molecule has 9 heteroatoms. The Kier molecular flexibility index (Phi) is 4.22. The number of aromatic amines is 1. The second-order valence-corrected chi connectivity index (χ2v) is 7.76. The summed E-state index contributed by atoms with van der Waals surface area (Å²) in [7, 11) is 0. The van der Waals surface area contributed by atoms with E-state index in [1.807, 2.05) is 22.0 Å². The van der Waals surface area contributed by atoms with Crippen LogP contribution < -0.4 is 5.32 Å². The first-order valence-electron chi connectivity index (χ1n) is 9.95. The molecule has 1 aliphatic heterocycles. The van der Waals surface area contributed by atoms with Gasteiger partial charge in [-0.15, -0.1) is 0 Å². The molecule has 3 aromatic heterocycles. The molecule has 28 heavy (non-hydrogen) atoms. The fraction of sp³-hybridized carbons (Fsp3) is 0.526. The first kappa shape index (κ1) is 17.2. The molecular weight excluding hydrogens is 356 g/mol. The first-order valence-corrected chi connectivity index (χ1v) is 9.95. The van der Waals surface area contributed by atoms with Crippen LogP contribution in [-0.4, -0.2) is 53.8 Å². The number of hydrogen-bond donors (Lipinski definition) is 2. The van der Waals surface area contributed by atoms with Gasteiger partial charge in [-0.2, -0.15) is 10.2 Å². The van der Waals surface area contributed by atoms with Gasteiger partial charge in [0.1, 0.15) is 16.9 Å². The van der Waals surface area contributed by atoms with Crippen LogP contribution in [-0.2, 0) is 4.79 Å². The van der Waals surface area contributed by atoms with Crippen LogP contribution in [0.1, 0.15) is 56.8 Å². The molecule has 1 aliphatic carbocycles. The van der Waals surface area contributed by atoms with Gasteiger partial charge in [0.05, 0.1) is 24.1 Å². The third kappa shape index (κ3) is 3.10. The van der Waals surface area contributed by atoms with Crippen LogP contribution in [0.2, 0.25) is 0 Å². The molecular formula is C19H24N8O. The van der Waals surface area contributed by atoms with E-state index >= 15 is 0 Å². The van der Waals surface area contributed by atoms with E-state index in [4.69, 9.17) is 4.98 Å². The van der Waals surface area contributed by atoms with Crippen LogP contribution in [0.5, 0.6) is 0 Å². The fourth-order valence-electron chi connectivity index (χ4n) is 3.98. The number of H-pyrrole nitrogens is 1. The van der Waals surface area contributed by atoms with Crippen LogP contribution in [0, 0.1) is 0 Å². The maximum atomic E-state index is 11.5. The van der Waals surface area contributed by atoms with E-state index in [-0.39, 0.29) is 5.91 Å². The molecule has 146 valence electrons. The fourth-order valence-corrected chi connectivity index (χ4v) is 3.98. The van der Waals surface area contributed by atoms with Crippen molar-refractivity contribution in [2.75, 3.05) is 18.4 Å². The molecule has 5 rings (SSSR count). The summed E-state index contributed by atoms with van der Waals surface area (Å²) in [5, 5.41) is 15.1. The molecule has 0 bridgehead atoms. The Hall–Kier alpha value is -2.97. The highest BCUT2D eigenvalue weighted by Crippen LogP contribution is 2.36. The summed E-state index contributed by atoms with van der Waals surface area (Å²) in [4.78, 5) is 22.8. The van der Waals surface area contributed by atoms with Gasteiger partial charge < -0.3 is 10.2 Å². The lowest BCUT2D eigenvalue weighted by Gasteiger charge is -2.31. The smallest absolute Gasteiger partial charge is 0.219 e. The standard InChI is InChI=1S/C19H24N8O/c1-12(28)26-7-5-15(6-8-26)27-11-14(9-21-27)22-19-17-16(10-20-25-17)23-18(24-19)13-3-2-4-13/h9-11,13,15H,2-8H2,1H3,(H,20,25)(H,22,23,24). The normalized spacial score (nSPS) is 18.4. The maximum Gasteiger partial charge on any atom is 0.219 e. The number of nitrogens with zero attached hydrogens (tertiary/aromatic N) is 6. The minimum atomic E-state index is 0.149. The Morgan fingerprint density at radius 1 is 1.18 bits per heavy atom. The minimum Gasteiger partial charge on any atom is -0.343 e. The van der Waals surface area contributed by atoms with E-state index < -0.39 is 0 Å². The average Bonchev–Trinajstić information content (AvgIpc) is 3.30. The zero-order valence-corrected chi connectivity index (χ0v) is 15.9. The summed E-state index contributed by atoms with van der Waals surface area (Å²) in [6.07, 6.45) is 11.0. The van der Waals surface area contributed by atoms with Crippen molar-refractivity contribution in [2.45, 2.75) is 51.0 Å². The second kappa shape index (κ2) is 6.88. The topological polar surface area (TPSA) is 105 Å². The molecule has 1 saturated heterocycles. The monoisotopic (exact) mass is 380 g/mol. The van der Waals surface area contributed by atoms with Crippen molar-refractivity contribution in [2.24, 2.45) is 0 Å². The van der Waals surface area contributed by atoms with Gasteiger partial charge in [0.15, 0.2) is 5.82 Å². The summed E-state index contributed by atoms with van der Waals surface area (Å²) in [5.74, 6) is 2.24. The molecule has 9 nitrogen and oxygen atoms in total. The van der Waals surface area contributed by atoms with Crippen molar-refractivity contribution in [1.82, 2.24) is 34.8 Å². The van der Waals surface area contributed by atoms with Gasteiger partial charge in [-0.05, 0) is 25.7 Å². The number of amides is 1. The van der Waals surface area contributed by atoms with E-state index in [0.717, 1.165) is 67.1 Å². The molecule has 2 fully saturated rings. The van der Waals surface area contributed by atoms with Crippen LogP contribution in [0.15, 0.2) is 18.6 Å². The van der Waals surface area contributed by atoms with Crippen molar-refractivity contribution < 1.29 is 4.79 Å². The summed E-state index contributed by atoms with van der Waals surface area (Å²) < 4.78 is 2.00. The highest BCUT2D eigenvalue weighted by molar-refractivity contribution is 5.86. The third-order valence-electron chi connectivity index (χ3n) is 5.94. The number of piperidine rings is 1. The van der Waals surface area contributed by atoms with Crippen molar-refractivity contribution >= 4 is 28.4 Å². The molecule has 1 amide bonds. The lowest BCUT2D eigenvalue weighted by molar-refractivity contribution is -0.130. The molecule has 2 aliphatic rings. The van der Waals surface area contributed by atoms with Gasteiger partial charge in [-0.1, -0.05) is 6.42 Å². The van der Waals surface area contributed by atoms with Crippen molar-refractivity contribution in [3.63, 3.8) is 0 Å². The van der Waals surface area contributed by atoms with Crippen LogP contribution >= 0.6 is 0 Å². The summed E-state index contributed by atoms with van der Waals surface area (Å²) in [6, 6.07) is 0.314. The van der Waals surface area contributed by atoms with Gasteiger partial charge >= 0.3 is 0 Å². The molecule has 0 atom stereocenters. The maximum absolute atomic E-state index is 11.5. The Bertz CT molecular complexity index is 996. The molecule has 0 unspecified atom stereocenters. The van der Waals surface area contributed by atoms with Crippen LogP contribution in [0.25, 0.3) is 11.0 Å². The zero-order chi connectivity index (χ0) is 19.1. The third-order valence-corrected chi connectivity index (χ3v) is 5.94. The number of aromatic nitrogens is 6. The minimum absolute atomic E-state index is 0.149. The number of carbonyl (C=O) groups is 1. The SMILES string of the molecule is CC(=O)N1CCC(n2cc(Nc3nc(C4CCC4)nc4cn[nH]c34)cn2)CC1. The molecule has 3 aromatic rings. The van der Waals surface area contributed by atoms with Gasteiger partial charge in [0.2, 0.25) is 5.91 Å². The van der Waals surface area contributed by atoms with E-state index in [0.29, 0.717) is 12.0 Å². The van der Waals surface area contributed by atoms with Gasteiger partial charge in [-0.25, -0.2) is 9.97 Å². The number of fused-ring (bicyclic) bond motifs is 1. The molecule has 2 N–H and O–H groups in total. The highest BCUT2D eigenvalue weighted by Gasteiger charge is 2.25. The first-order chi connectivity index (χ1) is 13.7. The number of hydrogen-bond acceptors (Lipinski definition) is 6. The quantitative estimate of drug-likeness (QED) is 0.721. The van der Waals surface area contributed by atoms with Crippen molar-refractivity contribution in [3.8, 4) is 0 Å². The lowest BCUT2D eigenvalue weighted by atomic mass is 9.85. The molecule has 0 radical (unpaired) electrons. The van der Waals surface area contributed by atoms with E-state index in [1.54, 1.807) is 13.1 Å². The summed E-state index contributed by atoms with van der Waals surface area (Å²) in [6.45, 7) is 3.20. The summed E-state index contributed by atoms with van der Waals surface area (Å²) in [5.41, 5.74) is 2.54.